The van der Waals surface area contributed by atoms with E-state index in [0.717, 1.165) is 79.4 Å². The Bertz CT molecular complexity index is 1530. The quantitative estimate of drug-likeness (QED) is 0.158. The number of aromatic nitrogens is 2. The van der Waals surface area contributed by atoms with Gasteiger partial charge in [-0.25, -0.2) is 0 Å². The van der Waals surface area contributed by atoms with Crippen molar-refractivity contribution in [3.63, 3.8) is 0 Å². The lowest BCUT2D eigenvalue weighted by atomic mass is 9.71. The number of methoxy groups -OCH3 is 1. The largest absolute Gasteiger partial charge is 0.496 e. The molecule has 3 aliphatic carbocycles. The van der Waals surface area contributed by atoms with E-state index in [0.29, 0.717) is 37.3 Å². The molecule has 7 heteroatoms. The molecule has 2 aromatic carbocycles. The highest BCUT2D eigenvalue weighted by atomic mass is 16.5. The van der Waals surface area contributed by atoms with E-state index in [9.17, 15) is 9.59 Å². The number of carbonyl (C=O) groups is 2. The second-order valence-corrected chi connectivity index (χ2v) is 14.8. The fraction of sp³-hybridized carbons (Fsp3) is 0.575. The van der Waals surface area contributed by atoms with Crippen molar-refractivity contribution in [2.24, 2.45) is 17.3 Å². The van der Waals surface area contributed by atoms with Crippen LogP contribution in [-0.4, -0.2) is 35.4 Å². The summed E-state index contributed by atoms with van der Waals surface area (Å²) in [5, 5.41) is 8.14. The average molecular weight is 640 g/mol. The summed E-state index contributed by atoms with van der Waals surface area (Å²) in [6.07, 6.45) is 15.3. The molecule has 0 bridgehead atoms. The van der Waals surface area contributed by atoms with E-state index in [1.54, 1.807) is 7.11 Å². The number of nitrogens with zero attached hydrogens (tertiary/aromatic N) is 2. The Morgan fingerprint density at radius 1 is 0.979 bits per heavy atom. The van der Waals surface area contributed by atoms with E-state index in [4.69, 9.17) is 9.47 Å². The van der Waals surface area contributed by atoms with E-state index in [1.807, 2.05) is 6.20 Å². The number of nitrogens with one attached hydrogen (secondary N) is 1. The van der Waals surface area contributed by atoms with Crippen LogP contribution in [-0.2, 0) is 14.3 Å². The van der Waals surface area contributed by atoms with E-state index in [2.05, 4.69) is 84.5 Å². The molecule has 47 heavy (non-hydrogen) atoms. The number of hydrogen-bond acceptors (Lipinski definition) is 5. The fourth-order valence-corrected chi connectivity index (χ4v) is 7.84. The minimum absolute atomic E-state index is 0.156. The van der Waals surface area contributed by atoms with Crippen LogP contribution in [0.3, 0.4) is 0 Å². The third kappa shape index (κ3) is 7.60. The summed E-state index contributed by atoms with van der Waals surface area (Å²) in [4.78, 5) is 28.2. The Balaban J connectivity index is 1.26. The summed E-state index contributed by atoms with van der Waals surface area (Å²) in [7, 11) is 1.72. The maximum absolute atomic E-state index is 14.5. The van der Waals surface area contributed by atoms with Crippen molar-refractivity contribution in [3.8, 4) is 16.9 Å². The van der Waals surface area contributed by atoms with Gasteiger partial charge in [0, 0.05) is 11.8 Å². The highest BCUT2D eigenvalue weighted by Crippen LogP contribution is 2.44. The van der Waals surface area contributed by atoms with Crippen LogP contribution < -0.4 is 10.1 Å². The predicted octanol–water partition coefficient (Wildman–Crippen LogP) is 8.87. The van der Waals surface area contributed by atoms with Gasteiger partial charge in [0.1, 0.15) is 11.2 Å². The average Bonchev–Trinajstić information content (AvgIpc) is 3.83. The lowest BCUT2D eigenvalue weighted by molar-refractivity contribution is -0.164. The van der Waals surface area contributed by atoms with Crippen molar-refractivity contribution < 1.29 is 19.1 Å². The maximum Gasteiger partial charge on any atom is 0.321 e. The molecule has 1 aromatic heterocycles. The summed E-state index contributed by atoms with van der Waals surface area (Å²) >= 11 is 0. The van der Waals surface area contributed by atoms with Crippen molar-refractivity contribution in [3.05, 3.63) is 71.5 Å². The van der Waals surface area contributed by atoms with Crippen LogP contribution in [0.15, 0.2) is 54.9 Å². The monoisotopic (exact) mass is 639 g/mol. The minimum Gasteiger partial charge on any atom is -0.496 e. The van der Waals surface area contributed by atoms with Gasteiger partial charge in [0.05, 0.1) is 32.0 Å². The third-order valence-electron chi connectivity index (χ3n) is 11.0. The third-order valence-corrected chi connectivity index (χ3v) is 11.0. The van der Waals surface area contributed by atoms with Crippen LogP contribution in [0.5, 0.6) is 5.75 Å². The van der Waals surface area contributed by atoms with Crippen LogP contribution in [0.1, 0.15) is 126 Å². The highest BCUT2D eigenvalue weighted by molar-refractivity contribution is 6.03. The summed E-state index contributed by atoms with van der Waals surface area (Å²) < 4.78 is 13.4. The zero-order valence-corrected chi connectivity index (χ0v) is 28.8. The Labute approximate surface area is 280 Å². The topological polar surface area (TPSA) is 82.4 Å². The molecule has 3 aliphatic rings. The zero-order valence-electron chi connectivity index (χ0n) is 28.8. The summed E-state index contributed by atoms with van der Waals surface area (Å²) in [5.41, 5.74) is 4.71. The van der Waals surface area contributed by atoms with Crippen LogP contribution in [0.2, 0.25) is 0 Å². The van der Waals surface area contributed by atoms with E-state index in [-0.39, 0.29) is 23.8 Å². The van der Waals surface area contributed by atoms with Gasteiger partial charge >= 0.3 is 5.97 Å². The Morgan fingerprint density at radius 3 is 2.43 bits per heavy atom. The van der Waals surface area contributed by atoms with Crippen molar-refractivity contribution in [1.82, 2.24) is 15.1 Å². The molecule has 0 aliphatic heterocycles. The van der Waals surface area contributed by atoms with Crippen LogP contribution >= 0.6 is 0 Å². The number of amides is 1. The van der Waals surface area contributed by atoms with Gasteiger partial charge in [0.25, 0.3) is 0 Å². The smallest absolute Gasteiger partial charge is 0.321 e. The first-order chi connectivity index (χ1) is 22.8. The van der Waals surface area contributed by atoms with Gasteiger partial charge in [-0.2, -0.15) is 5.10 Å². The lowest BCUT2D eigenvalue weighted by Gasteiger charge is -2.39. The standard InChI is InChI=1S/C40H53N3O4/c1-27(2)19-22-47-39(45)40(20-6-5-7-21-40)38(44)42-37(30-13-11-29(12-14-30)32-15-18-36(46-4)28(3)23-32)33-10-8-9-31(24-33)34-25-41-43(26-34)35-16-17-35/h8-10,15,18,23-27,29-30,35,37H,5-7,11-14,16-17,19-22H2,1-4H3,(H,42,44). The second-order valence-electron chi connectivity index (χ2n) is 14.8. The van der Waals surface area contributed by atoms with E-state index in [1.165, 1.54) is 18.4 Å². The fourth-order valence-electron chi connectivity index (χ4n) is 7.84. The number of benzene rings is 2. The van der Waals surface area contributed by atoms with Crippen molar-refractivity contribution in [2.45, 2.75) is 116 Å². The molecule has 1 N–H and O–H groups in total. The highest BCUT2D eigenvalue weighted by Gasteiger charge is 2.49. The Kier molecular flexibility index (Phi) is 10.4. The molecule has 0 spiro atoms. The predicted molar refractivity (Wildman–Crippen MR) is 185 cm³/mol. The van der Waals surface area contributed by atoms with E-state index >= 15 is 0 Å². The number of ether oxygens (including phenoxy) is 2. The molecule has 1 heterocycles. The van der Waals surface area contributed by atoms with Crippen LogP contribution in [0.25, 0.3) is 11.1 Å². The SMILES string of the molecule is COc1ccc(C2CCC(C(NC(=O)C3(C(=O)OCCC(C)C)CCCCC3)c3cccc(-c4cnn(C5CC5)c4)c3)CC2)cc1C. The molecule has 3 saturated carbocycles. The first-order valence-corrected chi connectivity index (χ1v) is 18.0. The molecule has 0 radical (unpaired) electrons. The number of hydrogen-bond donors (Lipinski definition) is 1. The molecule has 6 rings (SSSR count). The van der Waals surface area contributed by atoms with Gasteiger partial charge in [0.15, 0.2) is 0 Å². The Hall–Kier alpha value is -3.61. The minimum atomic E-state index is -1.12. The van der Waals surface area contributed by atoms with Crippen molar-refractivity contribution in [1.29, 1.82) is 0 Å². The van der Waals surface area contributed by atoms with Crippen LogP contribution in [0.4, 0.5) is 0 Å². The number of carbonyl (C=O) groups excluding carboxylic acids is 2. The Morgan fingerprint density at radius 2 is 1.74 bits per heavy atom. The summed E-state index contributed by atoms with van der Waals surface area (Å²) in [6, 6.07) is 15.5. The van der Waals surface area contributed by atoms with E-state index < -0.39 is 5.41 Å². The molecule has 3 aromatic rings. The number of aryl methyl sites for hydroxylation is 1. The van der Waals surface area contributed by atoms with Gasteiger partial charge in [0.2, 0.25) is 5.91 Å². The second kappa shape index (κ2) is 14.7. The first kappa shape index (κ1) is 33.3. The molecule has 252 valence electrons. The molecular formula is C40H53N3O4. The maximum atomic E-state index is 14.5. The number of esters is 1. The van der Waals surface area contributed by atoms with Gasteiger partial charge in [-0.05, 0) is 117 Å². The van der Waals surface area contributed by atoms with Crippen LogP contribution in [0, 0.1) is 24.2 Å². The molecule has 0 saturated heterocycles. The van der Waals surface area contributed by atoms with Gasteiger partial charge in [-0.15, -0.1) is 0 Å². The molecule has 1 amide bonds. The van der Waals surface area contributed by atoms with Gasteiger partial charge < -0.3 is 14.8 Å². The normalized spacial score (nSPS) is 21.6. The molecule has 1 unspecified atom stereocenters. The molecule has 3 fully saturated rings. The molecule has 7 nitrogen and oxygen atoms in total. The van der Waals surface area contributed by atoms with Gasteiger partial charge in [-0.3, -0.25) is 14.3 Å². The summed E-state index contributed by atoms with van der Waals surface area (Å²) in [6.45, 7) is 6.71. The van der Waals surface area contributed by atoms with Gasteiger partial charge in [-0.1, -0.05) is 63.4 Å². The van der Waals surface area contributed by atoms with Crippen molar-refractivity contribution in [2.75, 3.05) is 13.7 Å². The molecular weight excluding hydrogens is 586 g/mol. The molecule has 1 atom stereocenters. The first-order valence-electron chi connectivity index (χ1n) is 18.0. The zero-order chi connectivity index (χ0) is 33.0. The van der Waals surface area contributed by atoms with Crippen molar-refractivity contribution >= 4 is 11.9 Å². The number of rotatable bonds is 12. The summed E-state index contributed by atoms with van der Waals surface area (Å²) in [5.74, 6) is 1.60. The lowest BCUT2D eigenvalue weighted by Crippen LogP contribution is -2.50.